The van der Waals surface area contributed by atoms with Crippen molar-refractivity contribution in [2.45, 2.75) is 59.7 Å². The number of nitrogens with zero attached hydrogens (tertiary/aromatic N) is 1. The van der Waals surface area contributed by atoms with Crippen molar-refractivity contribution >= 4 is 19.8 Å². The minimum absolute atomic E-state index is 0.405. The van der Waals surface area contributed by atoms with Crippen LogP contribution in [0.4, 0.5) is 0 Å². The zero-order chi connectivity index (χ0) is 15.0. The summed E-state index contributed by atoms with van der Waals surface area (Å²) in [7, 11) is -1.45. The number of hydrogen-bond acceptors (Lipinski definition) is 2. The van der Waals surface area contributed by atoms with E-state index in [1.54, 1.807) is 15.8 Å². The largest absolute Gasteiger partial charge is 0.372 e. The van der Waals surface area contributed by atoms with Gasteiger partial charge in [0.15, 0.2) is 0 Å². The number of hydrogen-bond donors (Lipinski definition) is 0. The quantitative estimate of drug-likeness (QED) is 0.635. The smallest absolute Gasteiger partial charge is 0.0901 e. The maximum absolute atomic E-state index is 2.55. The van der Waals surface area contributed by atoms with E-state index < -0.39 is 8.07 Å². The van der Waals surface area contributed by atoms with E-state index in [1.165, 1.54) is 5.57 Å². The highest BCUT2D eigenvalue weighted by Gasteiger charge is 2.46. The molecule has 0 amide bonds. The fraction of sp³-hybridized carbons (Fsp3) is 0.750. The Balaban J connectivity index is 3.33. The highest BCUT2D eigenvalue weighted by atomic mass is 32.2. The second-order valence-corrected chi connectivity index (χ2v) is 13.0. The standard InChI is InChI=1S/C16H31NSSi/c1-10-17(11-2)13-12(3)14(18-7)15(13)19(8,9)16(4,5)6/h10-11H2,1-9H3. The van der Waals surface area contributed by atoms with Crippen LogP contribution in [0.1, 0.15) is 41.5 Å². The molecule has 0 aromatic rings. The summed E-state index contributed by atoms with van der Waals surface area (Å²) in [6.45, 7) is 21.4. The lowest BCUT2D eigenvalue weighted by atomic mass is 10.0. The molecular weight excluding hydrogens is 266 g/mol. The van der Waals surface area contributed by atoms with Crippen LogP contribution in [0.25, 0.3) is 0 Å². The average Bonchev–Trinajstić information content (AvgIpc) is 2.30. The van der Waals surface area contributed by atoms with E-state index in [0.29, 0.717) is 5.04 Å². The van der Waals surface area contributed by atoms with Crippen LogP contribution in [0.5, 0.6) is 0 Å². The van der Waals surface area contributed by atoms with E-state index >= 15 is 0 Å². The summed E-state index contributed by atoms with van der Waals surface area (Å²) in [6.07, 6.45) is 2.23. The predicted molar refractivity (Wildman–Crippen MR) is 93.4 cm³/mol. The van der Waals surface area contributed by atoms with Crippen molar-refractivity contribution in [3.05, 3.63) is 21.4 Å². The van der Waals surface area contributed by atoms with E-state index in [-0.39, 0.29) is 0 Å². The topological polar surface area (TPSA) is 3.24 Å². The molecule has 3 heteroatoms. The molecule has 1 aliphatic carbocycles. The Kier molecular flexibility index (Phi) is 5.06. The monoisotopic (exact) mass is 297 g/mol. The Hall–Kier alpha value is -0.153. The third kappa shape index (κ3) is 2.69. The average molecular weight is 298 g/mol. The zero-order valence-corrected chi connectivity index (χ0v) is 16.1. The number of thioether (sulfide) groups is 1. The number of rotatable bonds is 5. The molecule has 1 nitrogen and oxygen atoms in total. The second kappa shape index (κ2) is 5.69. The first-order valence-electron chi connectivity index (χ1n) is 7.38. The van der Waals surface area contributed by atoms with Crippen molar-refractivity contribution < 1.29 is 0 Å². The maximum Gasteiger partial charge on any atom is 0.0901 e. The summed E-state index contributed by atoms with van der Waals surface area (Å²) in [4.78, 5) is 4.12. The van der Waals surface area contributed by atoms with Crippen LogP contribution in [0.15, 0.2) is 21.4 Å². The summed E-state index contributed by atoms with van der Waals surface area (Å²) in [5.41, 5.74) is 3.09. The molecule has 0 fully saturated rings. The van der Waals surface area contributed by atoms with E-state index in [4.69, 9.17) is 0 Å². The molecule has 110 valence electrons. The van der Waals surface area contributed by atoms with Crippen molar-refractivity contribution in [2.24, 2.45) is 0 Å². The van der Waals surface area contributed by atoms with Gasteiger partial charge >= 0.3 is 0 Å². The third-order valence-electron chi connectivity index (χ3n) is 4.94. The summed E-state index contributed by atoms with van der Waals surface area (Å²) < 4.78 is 0. The first-order chi connectivity index (χ1) is 8.63. The van der Waals surface area contributed by atoms with Crippen LogP contribution >= 0.6 is 11.8 Å². The Morgan fingerprint density at radius 3 is 1.89 bits per heavy atom. The van der Waals surface area contributed by atoms with Gasteiger partial charge in [0.25, 0.3) is 0 Å². The van der Waals surface area contributed by atoms with Gasteiger partial charge in [-0.25, -0.2) is 0 Å². The fourth-order valence-corrected chi connectivity index (χ4v) is 6.89. The summed E-state index contributed by atoms with van der Waals surface area (Å²) in [5.74, 6) is 0. The molecule has 0 bridgehead atoms. The lowest BCUT2D eigenvalue weighted by Gasteiger charge is -2.47. The van der Waals surface area contributed by atoms with Crippen molar-refractivity contribution in [2.75, 3.05) is 19.3 Å². The minimum atomic E-state index is -1.45. The fourth-order valence-electron chi connectivity index (χ4n) is 2.67. The van der Waals surface area contributed by atoms with Gasteiger partial charge in [-0.1, -0.05) is 33.9 Å². The highest BCUT2D eigenvalue weighted by Crippen LogP contribution is 2.53. The molecule has 0 saturated heterocycles. The summed E-state index contributed by atoms with van der Waals surface area (Å²) in [5, 5.41) is 2.12. The molecule has 0 spiro atoms. The van der Waals surface area contributed by atoms with Crippen molar-refractivity contribution in [3.8, 4) is 0 Å². The van der Waals surface area contributed by atoms with Gasteiger partial charge in [0, 0.05) is 23.7 Å². The summed E-state index contributed by atoms with van der Waals surface area (Å²) >= 11 is 1.94. The lowest BCUT2D eigenvalue weighted by molar-refractivity contribution is 0.383. The lowest BCUT2D eigenvalue weighted by Crippen LogP contribution is -2.46. The molecule has 1 aliphatic rings. The van der Waals surface area contributed by atoms with Crippen LogP contribution < -0.4 is 0 Å². The molecule has 0 heterocycles. The molecule has 0 aromatic carbocycles. The Bertz CT molecular complexity index is 409. The molecular formula is C16H31NSSi. The second-order valence-electron chi connectivity index (χ2n) is 6.93. The Morgan fingerprint density at radius 1 is 1.11 bits per heavy atom. The van der Waals surface area contributed by atoms with Gasteiger partial charge in [0.1, 0.15) is 0 Å². The molecule has 0 saturated carbocycles. The Morgan fingerprint density at radius 2 is 1.58 bits per heavy atom. The third-order valence-corrected chi connectivity index (χ3v) is 11.5. The van der Waals surface area contributed by atoms with Gasteiger partial charge in [-0.2, -0.15) is 0 Å². The molecule has 0 aliphatic heterocycles. The van der Waals surface area contributed by atoms with E-state index in [1.807, 2.05) is 11.8 Å². The van der Waals surface area contributed by atoms with Gasteiger partial charge in [-0.15, -0.1) is 11.8 Å². The van der Waals surface area contributed by atoms with E-state index in [0.717, 1.165) is 13.1 Å². The molecule has 0 radical (unpaired) electrons. The van der Waals surface area contributed by atoms with Gasteiger partial charge in [-0.3, -0.25) is 0 Å². The predicted octanol–water partition coefficient (Wildman–Crippen LogP) is 5.28. The first kappa shape index (κ1) is 16.9. The zero-order valence-electron chi connectivity index (χ0n) is 14.3. The maximum atomic E-state index is 2.55. The van der Waals surface area contributed by atoms with Gasteiger partial charge in [0.05, 0.1) is 8.07 Å². The molecule has 0 N–H and O–H groups in total. The van der Waals surface area contributed by atoms with Crippen LogP contribution in [0, 0.1) is 0 Å². The van der Waals surface area contributed by atoms with E-state index in [2.05, 4.69) is 65.8 Å². The van der Waals surface area contributed by atoms with Crippen LogP contribution in [0.2, 0.25) is 18.1 Å². The van der Waals surface area contributed by atoms with Crippen molar-refractivity contribution in [3.63, 3.8) is 0 Å². The molecule has 0 atom stereocenters. The van der Waals surface area contributed by atoms with E-state index in [9.17, 15) is 0 Å². The highest BCUT2D eigenvalue weighted by molar-refractivity contribution is 8.02. The number of likely N-dealkylation sites (N-methyl/N-ethyl adjacent to an activating group) is 1. The minimum Gasteiger partial charge on any atom is -0.372 e. The molecule has 0 aromatic heterocycles. The normalized spacial score (nSPS) is 16.9. The summed E-state index contributed by atoms with van der Waals surface area (Å²) in [6, 6.07) is 0. The van der Waals surface area contributed by atoms with Crippen LogP contribution in [0.3, 0.4) is 0 Å². The first-order valence-corrected chi connectivity index (χ1v) is 11.6. The number of allylic oxidation sites excluding steroid dienone is 2. The van der Waals surface area contributed by atoms with Gasteiger partial charge in [0.2, 0.25) is 0 Å². The molecule has 1 rings (SSSR count). The SMILES string of the molecule is CCN(CC)C1=C([Si](C)(C)C(C)(C)C)C(SC)=C1C. The van der Waals surface area contributed by atoms with Gasteiger partial charge in [-0.05, 0) is 42.8 Å². The van der Waals surface area contributed by atoms with Crippen molar-refractivity contribution in [1.82, 2.24) is 4.90 Å². The van der Waals surface area contributed by atoms with Crippen LogP contribution in [-0.2, 0) is 0 Å². The molecule has 0 unspecified atom stereocenters. The molecule has 19 heavy (non-hydrogen) atoms. The Labute approximate surface area is 125 Å². The van der Waals surface area contributed by atoms with Crippen LogP contribution in [-0.4, -0.2) is 32.3 Å². The van der Waals surface area contributed by atoms with Gasteiger partial charge < -0.3 is 4.90 Å². The van der Waals surface area contributed by atoms with Crippen molar-refractivity contribution in [1.29, 1.82) is 0 Å².